The van der Waals surface area contributed by atoms with E-state index < -0.39 is 0 Å². The average Bonchev–Trinajstić information content (AvgIpc) is 3.37. The number of nitriles is 1. The highest BCUT2D eigenvalue weighted by Gasteiger charge is 2.27. The highest BCUT2D eigenvalue weighted by molar-refractivity contribution is 6.36. The Morgan fingerprint density at radius 2 is 1.98 bits per heavy atom. The lowest BCUT2D eigenvalue weighted by molar-refractivity contribution is 0.188. The Morgan fingerprint density at radius 3 is 2.75 bits per heavy atom. The lowest BCUT2D eigenvalue weighted by atomic mass is 10.1. The first-order valence-electron chi connectivity index (χ1n) is 13.6. The third kappa shape index (κ3) is 4.85. The maximum Gasteiger partial charge on any atom is 0.319 e. The van der Waals surface area contributed by atoms with Gasteiger partial charge in [0.15, 0.2) is 11.3 Å². The van der Waals surface area contributed by atoms with Gasteiger partial charge in [-0.05, 0) is 50.9 Å². The fourth-order valence-corrected chi connectivity index (χ4v) is 6.08. The van der Waals surface area contributed by atoms with E-state index in [1.807, 2.05) is 36.4 Å². The summed E-state index contributed by atoms with van der Waals surface area (Å²) < 4.78 is 7.71. The number of nitrogens with zero attached hydrogens (tertiary/aromatic N) is 7. The van der Waals surface area contributed by atoms with Gasteiger partial charge >= 0.3 is 6.01 Å². The van der Waals surface area contributed by atoms with Gasteiger partial charge in [-0.2, -0.15) is 15.2 Å². The van der Waals surface area contributed by atoms with E-state index in [0.717, 1.165) is 30.2 Å². The van der Waals surface area contributed by atoms with Crippen LogP contribution < -0.4 is 20.5 Å². The lowest BCUT2D eigenvalue weighted by Gasteiger charge is -2.34. The molecule has 11 heteroatoms. The number of nitrogens with one attached hydrogen (secondary N) is 1. The van der Waals surface area contributed by atoms with E-state index in [1.54, 1.807) is 11.5 Å². The monoisotopic (exact) mass is 558 g/mol. The summed E-state index contributed by atoms with van der Waals surface area (Å²) in [5.41, 5.74) is 0.939. The summed E-state index contributed by atoms with van der Waals surface area (Å²) in [6.07, 6.45) is 2.54. The minimum atomic E-state index is -0.315. The normalized spacial score (nSPS) is 19.8. The molecule has 0 bridgehead atoms. The minimum Gasteiger partial charge on any atom is -0.462 e. The van der Waals surface area contributed by atoms with E-state index in [-0.39, 0.29) is 29.2 Å². The number of piperazine rings is 1. The first kappa shape index (κ1) is 26.4. The van der Waals surface area contributed by atoms with Crippen molar-refractivity contribution in [3.05, 3.63) is 57.6 Å². The number of hydrogen-bond acceptors (Lipinski definition) is 9. The lowest BCUT2D eigenvalue weighted by Crippen LogP contribution is -2.51. The predicted octanol–water partition coefficient (Wildman–Crippen LogP) is 3.46. The quantitative estimate of drug-likeness (QED) is 0.380. The number of hydrogen-bond donors (Lipinski definition) is 1. The number of halogens is 1. The van der Waals surface area contributed by atoms with Crippen molar-refractivity contribution in [2.75, 3.05) is 44.7 Å². The van der Waals surface area contributed by atoms with Crippen LogP contribution in [-0.2, 0) is 0 Å². The number of ether oxygens (including phenoxy) is 1. The van der Waals surface area contributed by atoms with Crippen molar-refractivity contribution in [1.82, 2.24) is 29.7 Å². The molecule has 0 spiro atoms. The summed E-state index contributed by atoms with van der Waals surface area (Å²) >= 11 is 6.62. The van der Waals surface area contributed by atoms with E-state index in [1.165, 1.54) is 0 Å². The first-order chi connectivity index (χ1) is 19.4. The summed E-state index contributed by atoms with van der Waals surface area (Å²) in [6, 6.07) is 14.1. The van der Waals surface area contributed by atoms with Gasteiger partial charge in [-0.1, -0.05) is 35.9 Å². The molecule has 2 aromatic heterocycles. The Bertz CT molecular complexity index is 1680. The second-order valence-corrected chi connectivity index (χ2v) is 10.9. The third-order valence-electron chi connectivity index (χ3n) is 7.89. The summed E-state index contributed by atoms with van der Waals surface area (Å²) in [7, 11) is 2.09. The van der Waals surface area contributed by atoms with Crippen LogP contribution in [0.3, 0.4) is 0 Å². The molecule has 2 atom stereocenters. The van der Waals surface area contributed by atoms with E-state index in [0.29, 0.717) is 60.5 Å². The summed E-state index contributed by atoms with van der Waals surface area (Å²) in [5.74, 6) is 1.05. The molecular weight excluding hydrogens is 528 g/mol. The number of aromatic nitrogens is 4. The van der Waals surface area contributed by atoms with Crippen molar-refractivity contribution in [2.24, 2.45) is 0 Å². The molecule has 0 amide bonds. The van der Waals surface area contributed by atoms with Crippen LogP contribution in [0.4, 0.5) is 5.82 Å². The van der Waals surface area contributed by atoms with Gasteiger partial charge in [0.25, 0.3) is 5.56 Å². The highest BCUT2D eigenvalue weighted by atomic mass is 35.5. The largest absolute Gasteiger partial charge is 0.462 e. The molecule has 2 aliphatic heterocycles. The summed E-state index contributed by atoms with van der Waals surface area (Å²) in [6.45, 7) is 5.17. The second kappa shape index (κ2) is 11.0. The van der Waals surface area contributed by atoms with Crippen LogP contribution in [0.15, 0.2) is 41.2 Å². The molecule has 0 saturated carbocycles. The maximum absolute atomic E-state index is 14.2. The summed E-state index contributed by atoms with van der Waals surface area (Å²) in [5, 5.41) is 14.9. The Labute approximate surface area is 237 Å². The van der Waals surface area contributed by atoms with Crippen LogP contribution in [0.1, 0.15) is 25.1 Å². The zero-order chi connectivity index (χ0) is 27.8. The molecule has 4 heterocycles. The molecule has 4 aromatic rings. The van der Waals surface area contributed by atoms with Gasteiger partial charge in [0, 0.05) is 37.1 Å². The fourth-order valence-electron chi connectivity index (χ4n) is 5.80. The molecule has 6 rings (SSSR count). The molecule has 2 unspecified atom stereocenters. The molecule has 40 heavy (non-hydrogen) atoms. The summed E-state index contributed by atoms with van der Waals surface area (Å²) in [4.78, 5) is 32.9. The van der Waals surface area contributed by atoms with Crippen molar-refractivity contribution in [3.8, 4) is 17.8 Å². The zero-order valence-corrected chi connectivity index (χ0v) is 23.4. The molecular formula is C29H31ClN8O2. The maximum atomic E-state index is 14.2. The topological polar surface area (TPSA) is 112 Å². The minimum absolute atomic E-state index is 0.0143. The van der Waals surface area contributed by atoms with E-state index in [2.05, 4.69) is 33.2 Å². The van der Waals surface area contributed by atoms with Gasteiger partial charge < -0.3 is 19.9 Å². The van der Waals surface area contributed by atoms with E-state index in [4.69, 9.17) is 26.3 Å². The van der Waals surface area contributed by atoms with Crippen LogP contribution >= 0.6 is 11.6 Å². The Morgan fingerprint density at radius 1 is 1.15 bits per heavy atom. The molecule has 206 valence electrons. The Balaban J connectivity index is 1.51. The molecule has 2 aliphatic rings. The second-order valence-electron chi connectivity index (χ2n) is 10.5. The Kier molecular flexibility index (Phi) is 7.27. The SMILES string of the molecule is Cc1nc2c(N3CCNC(CC#N)C3)nc(OCC3CCCN3C)nc2c(=O)n1-c1cccc2cccc(Cl)c12. The standard InChI is InChI=1S/C29H31ClN8O2/c1-18-33-25-26(28(39)38(18)23-10-4-7-19-6-3-9-22(30)24(19)23)34-29(40-17-21-8-5-14-36(21)2)35-27(25)37-15-13-32-20(16-37)11-12-31/h3-4,6-7,9-10,20-21,32H,5,8,11,13-17H2,1-2H3. The van der Waals surface area contributed by atoms with Crippen LogP contribution in [0.25, 0.3) is 27.5 Å². The highest BCUT2D eigenvalue weighted by Crippen LogP contribution is 2.31. The van der Waals surface area contributed by atoms with Crippen molar-refractivity contribution < 1.29 is 4.74 Å². The predicted molar refractivity (Wildman–Crippen MR) is 156 cm³/mol. The molecule has 2 saturated heterocycles. The number of aryl methyl sites for hydroxylation is 1. The molecule has 2 aromatic carbocycles. The number of fused-ring (bicyclic) bond motifs is 2. The third-order valence-corrected chi connectivity index (χ3v) is 8.20. The fraction of sp³-hybridized carbons (Fsp3) is 0.414. The molecule has 0 radical (unpaired) electrons. The number of likely N-dealkylation sites (tertiary alicyclic amines) is 1. The van der Waals surface area contributed by atoms with Gasteiger partial charge in [-0.25, -0.2) is 4.98 Å². The molecule has 2 fully saturated rings. The van der Waals surface area contributed by atoms with Crippen molar-refractivity contribution in [2.45, 2.75) is 38.3 Å². The van der Waals surface area contributed by atoms with Crippen LogP contribution in [-0.4, -0.2) is 76.3 Å². The molecule has 0 aliphatic carbocycles. The van der Waals surface area contributed by atoms with Gasteiger partial charge in [0.1, 0.15) is 17.9 Å². The van der Waals surface area contributed by atoms with Crippen molar-refractivity contribution in [1.29, 1.82) is 5.26 Å². The van der Waals surface area contributed by atoms with Gasteiger partial charge in [-0.15, -0.1) is 0 Å². The van der Waals surface area contributed by atoms with Crippen molar-refractivity contribution >= 4 is 39.2 Å². The number of likely N-dealkylation sites (N-methyl/N-ethyl adjacent to an activating group) is 1. The van der Waals surface area contributed by atoms with E-state index >= 15 is 0 Å². The van der Waals surface area contributed by atoms with Gasteiger partial charge in [0.2, 0.25) is 0 Å². The molecule has 1 N–H and O–H groups in total. The van der Waals surface area contributed by atoms with E-state index in [9.17, 15) is 10.1 Å². The van der Waals surface area contributed by atoms with Crippen LogP contribution in [0.2, 0.25) is 5.02 Å². The van der Waals surface area contributed by atoms with Crippen molar-refractivity contribution in [3.63, 3.8) is 0 Å². The number of benzene rings is 2. The Hall–Kier alpha value is -3.78. The number of rotatable bonds is 6. The van der Waals surface area contributed by atoms with Crippen LogP contribution in [0.5, 0.6) is 6.01 Å². The van der Waals surface area contributed by atoms with Gasteiger partial charge in [0.05, 0.1) is 23.2 Å². The smallest absolute Gasteiger partial charge is 0.319 e. The number of anilines is 1. The average molecular weight is 559 g/mol. The first-order valence-corrected chi connectivity index (χ1v) is 14.0. The van der Waals surface area contributed by atoms with Crippen LogP contribution in [0, 0.1) is 18.3 Å². The molecule has 10 nitrogen and oxygen atoms in total. The van der Waals surface area contributed by atoms with Gasteiger partial charge in [-0.3, -0.25) is 9.36 Å². The zero-order valence-electron chi connectivity index (χ0n) is 22.6.